The lowest BCUT2D eigenvalue weighted by molar-refractivity contribution is 0.0515. The van der Waals surface area contributed by atoms with Crippen molar-refractivity contribution in [1.82, 2.24) is 10.2 Å². The Hall–Kier alpha value is -3.57. The number of para-hydroxylation sites is 1. The second-order valence-electron chi connectivity index (χ2n) is 13.1. The number of carbonyl (C=O) groups is 2. The van der Waals surface area contributed by atoms with Crippen molar-refractivity contribution in [3.63, 3.8) is 0 Å². The number of anilines is 2. The molecule has 5 heterocycles. The summed E-state index contributed by atoms with van der Waals surface area (Å²) in [4.78, 5) is 32.6. The van der Waals surface area contributed by atoms with Crippen LogP contribution in [0.4, 0.5) is 15.8 Å². The van der Waals surface area contributed by atoms with Gasteiger partial charge in [-0.25, -0.2) is 9.18 Å². The average molecular weight is 682 g/mol. The Bertz CT molecular complexity index is 1720. The van der Waals surface area contributed by atoms with Crippen LogP contribution in [0.15, 0.2) is 42.5 Å². The molecule has 4 unspecified atom stereocenters. The lowest BCUT2D eigenvalue weighted by Gasteiger charge is -2.38. The molecule has 0 radical (unpaired) electrons. The van der Waals surface area contributed by atoms with E-state index in [0.717, 1.165) is 44.5 Å². The van der Waals surface area contributed by atoms with E-state index in [-0.39, 0.29) is 42.4 Å². The van der Waals surface area contributed by atoms with Crippen LogP contribution in [0.2, 0.25) is 10.0 Å². The first-order valence-corrected chi connectivity index (χ1v) is 16.9. The van der Waals surface area contributed by atoms with Gasteiger partial charge in [-0.05, 0) is 49.9 Å². The summed E-state index contributed by atoms with van der Waals surface area (Å²) in [5, 5.41) is 4.21. The van der Waals surface area contributed by atoms with Crippen LogP contribution in [0.3, 0.4) is 0 Å². The molecule has 246 valence electrons. The Morgan fingerprint density at radius 2 is 1.66 bits per heavy atom. The number of ether oxygens (including phenoxy) is 3. The number of nitrogens with one attached hydrogen (secondary N) is 1. The van der Waals surface area contributed by atoms with Crippen LogP contribution >= 0.6 is 23.2 Å². The number of benzene rings is 3. The molecule has 1 N–H and O–H groups in total. The molecule has 47 heavy (non-hydrogen) atoms. The Morgan fingerprint density at radius 1 is 0.957 bits per heavy atom. The molecule has 3 aromatic carbocycles. The Labute approximate surface area is 282 Å². The molecule has 0 spiro atoms. The number of hydrogen-bond donors (Lipinski definition) is 1. The highest BCUT2D eigenvalue weighted by atomic mass is 35.5. The van der Waals surface area contributed by atoms with Crippen molar-refractivity contribution in [1.29, 1.82) is 0 Å². The highest BCUT2D eigenvalue weighted by Gasteiger charge is 2.40. The summed E-state index contributed by atoms with van der Waals surface area (Å²) >= 11 is 13.5. The van der Waals surface area contributed by atoms with E-state index in [2.05, 4.69) is 15.1 Å². The van der Waals surface area contributed by atoms with Gasteiger partial charge in [0.2, 0.25) is 0 Å². The van der Waals surface area contributed by atoms with Gasteiger partial charge >= 0.3 is 5.97 Å². The minimum Gasteiger partial charge on any atom is -0.472 e. The fraction of sp³-hybridized carbons (Fsp3) is 0.429. The van der Waals surface area contributed by atoms with Crippen molar-refractivity contribution in [3.8, 4) is 16.9 Å². The first-order chi connectivity index (χ1) is 22.8. The molecule has 4 fully saturated rings. The second-order valence-corrected chi connectivity index (χ2v) is 13.9. The molecule has 0 aromatic heterocycles. The third-order valence-corrected chi connectivity index (χ3v) is 10.8. The Balaban J connectivity index is 1.08. The number of hydrogen-bond acceptors (Lipinski definition) is 8. The summed E-state index contributed by atoms with van der Waals surface area (Å²) in [5.41, 5.74) is 3.49. The number of nitrogens with zero attached hydrogens (tertiary/aromatic N) is 3. The first kappa shape index (κ1) is 30.7. The molecule has 4 saturated heterocycles. The molecule has 5 aliphatic rings. The highest BCUT2D eigenvalue weighted by Crippen LogP contribution is 2.43. The normalized spacial score (nSPS) is 24.6. The monoisotopic (exact) mass is 680 g/mol. The van der Waals surface area contributed by atoms with Gasteiger partial charge in [0.1, 0.15) is 11.6 Å². The van der Waals surface area contributed by atoms with E-state index in [1.807, 2.05) is 24.3 Å². The van der Waals surface area contributed by atoms with Crippen LogP contribution in [-0.4, -0.2) is 81.1 Å². The highest BCUT2D eigenvalue weighted by molar-refractivity contribution is 6.40. The van der Waals surface area contributed by atoms with Gasteiger partial charge in [0, 0.05) is 47.6 Å². The van der Waals surface area contributed by atoms with Gasteiger partial charge in [-0.3, -0.25) is 4.79 Å². The number of carbonyl (C=O) groups excluding carboxylic acids is 2. The molecule has 0 saturated carbocycles. The fourth-order valence-electron chi connectivity index (χ4n) is 8.01. The van der Waals surface area contributed by atoms with Crippen molar-refractivity contribution in [2.45, 2.75) is 56.4 Å². The number of morpholine rings is 1. The molecule has 3 aromatic rings. The van der Waals surface area contributed by atoms with Gasteiger partial charge < -0.3 is 34.2 Å². The van der Waals surface area contributed by atoms with Crippen molar-refractivity contribution in [2.75, 3.05) is 49.9 Å². The van der Waals surface area contributed by atoms with E-state index < -0.39 is 11.8 Å². The summed E-state index contributed by atoms with van der Waals surface area (Å²) in [6.07, 6.45) is 4.16. The largest absolute Gasteiger partial charge is 0.472 e. The summed E-state index contributed by atoms with van der Waals surface area (Å²) in [6.45, 7) is 2.99. The number of fused-ring (bicyclic) bond motifs is 5. The third-order valence-electron chi connectivity index (χ3n) is 10.2. The molecule has 1 amide bonds. The smallest absolute Gasteiger partial charge is 0.340 e. The van der Waals surface area contributed by atoms with Crippen molar-refractivity contribution < 1.29 is 28.2 Å². The predicted molar refractivity (Wildman–Crippen MR) is 177 cm³/mol. The topological polar surface area (TPSA) is 83.6 Å². The molecule has 4 atom stereocenters. The molecule has 4 bridgehead atoms. The van der Waals surface area contributed by atoms with Gasteiger partial charge in [0.05, 0.1) is 65.8 Å². The number of rotatable bonds is 5. The van der Waals surface area contributed by atoms with Gasteiger partial charge in [-0.2, -0.15) is 0 Å². The average Bonchev–Trinajstić information content (AvgIpc) is 3.54. The molecule has 12 heteroatoms. The van der Waals surface area contributed by atoms with Gasteiger partial charge in [-0.1, -0.05) is 41.4 Å². The van der Waals surface area contributed by atoms with Gasteiger partial charge in [-0.15, -0.1) is 0 Å². The van der Waals surface area contributed by atoms with E-state index in [9.17, 15) is 9.59 Å². The quantitative estimate of drug-likeness (QED) is 0.335. The number of piperazine rings is 1. The second kappa shape index (κ2) is 12.1. The lowest BCUT2D eigenvalue weighted by atomic mass is 9.96. The number of amides is 1. The molecule has 5 aliphatic heterocycles. The summed E-state index contributed by atoms with van der Waals surface area (Å²) < 4.78 is 32.9. The summed E-state index contributed by atoms with van der Waals surface area (Å²) in [7, 11) is 1.30. The van der Waals surface area contributed by atoms with Crippen LogP contribution in [0.25, 0.3) is 11.1 Å². The van der Waals surface area contributed by atoms with Crippen LogP contribution in [0, 0.1) is 5.82 Å². The van der Waals surface area contributed by atoms with E-state index in [1.165, 1.54) is 18.1 Å². The predicted octanol–water partition coefficient (Wildman–Crippen LogP) is 5.89. The Kier molecular flexibility index (Phi) is 7.95. The van der Waals surface area contributed by atoms with Crippen molar-refractivity contribution in [3.05, 3.63) is 75.0 Å². The zero-order valence-electron chi connectivity index (χ0n) is 25.9. The lowest BCUT2D eigenvalue weighted by Crippen LogP contribution is -2.51. The van der Waals surface area contributed by atoms with Crippen molar-refractivity contribution >= 4 is 46.5 Å². The fourth-order valence-corrected chi connectivity index (χ4v) is 8.64. The zero-order valence-corrected chi connectivity index (χ0v) is 27.5. The minimum atomic E-state index is -0.595. The van der Waals surface area contributed by atoms with Crippen LogP contribution < -0.4 is 19.9 Å². The minimum absolute atomic E-state index is 0.0687. The van der Waals surface area contributed by atoms with Crippen LogP contribution in [0.1, 0.15) is 52.0 Å². The van der Waals surface area contributed by atoms with E-state index >= 15 is 4.39 Å². The zero-order chi connectivity index (χ0) is 32.4. The van der Waals surface area contributed by atoms with E-state index in [1.54, 1.807) is 12.1 Å². The molecular weight excluding hydrogens is 646 g/mol. The molecule has 9 nitrogen and oxygen atoms in total. The molecular formula is C35H35Cl2FN4O5. The maximum Gasteiger partial charge on any atom is 0.340 e. The van der Waals surface area contributed by atoms with Crippen LogP contribution in [0.5, 0.6) is 5.75 Å². The summed E-state index contributed by atoms with van der Waals surface area (Å²) in [6, 6.07) is 13.2. The van der Waals surface area contributed by atoms with E-state index in [0.29, 0.717) is 63.5 Å². The van der Waals surface area contributed by atoms with Gasteiger partial charge in [0.25, 0.3) is 5.91 Å². The maximum atomic E-state index is 15.9. The standard InChI is InChI=1S/C35H35Cl2FN4O5/c1-45-35(44)27-11-30(38)26(12-31(27)42-22-7-8-23(42)17-46-16-22)25-4-2-3-19-13-41(18-47-33(19)25)34(43)32-28(36)9-24(10-29(32)37)40-14-20-5-6-21(15-40)39-20/h2-4,9-12,20-23,39H,5-8,13-18H2,1H3. The van der Waals surface area contributed by atoms with Crippen LogP contribution in [-0.2, 0) is 16.0 Å². The Morgan fingerprint density at radius 3 is 2.34 bits per heavy atom. The maximum absolute atomic E-state index is 15.9. The number of esters is 1. The first-order valence-electron chi connectivity index (χ1n) is 16.1. The van der Waals surface area contributed by atoms with Crippen molar-refractivity contribution in [2.24, 2.45) is 0 Å². The number of halogens is 3. The molecule has 0 aliphatic carbocycles. The third kappa shape index (κ3) is 5.39. The SMILES string of the molecule is COC(=O)c1cc(F)c(-c2cccc3c2OCN(C(=O)c2c(Cl)cc(N4CC5CCC(C4)N5)cc2Cl)C3)cc1N1C2CCC1COC2. The van der Waals surface area contributed by atoms with E-state index in [4.69, 9.17) is 37.4 Å². The van der Waals surface area contributed by atoms with Gasteiger partial charge in [0.15, 0.2) is 6.73 Å². The molecule has 8 rings (SSSR count). The summed E-state index contributed by atoms with van der Waals surface area (Å²) in [5.74, 6) is -1.02. The number of methoxy groups -OCH3 is 1.